The van der Waals surface area contributed by atoms with Gasteiger partial charge in [-0.05, 0) is 36.4 Å². The van der Waals surface area contributed by atoms with Crippen molar-refractivity contribution in [3.8, 4) is 27.8 Å². The highest BCUT2D eigenvalue weighted by molar-refractivity contribution is 9.10. The minimum atomic E-state index is -0.351. The van der Waals surface area contributed by atoms with Crippen LogP contribution in [0.2, 0.25) is 0 Å². The van der Waals surface area contributed by atoms with Crippen LogP contribution in [0.4, 0.5) is 0 Å². The molecule has 0 aliphatic rings. The molecule has 0 radical (unpaired) electrons. The Hall–Kier alpha value is -2.58. The van der Waals surface area contributed by atoms with E-state index in [9.17, 15) is 4.79 Å². The van der Waals surface area contributed by atoms with Crippen molar-refractivity contribution in [3.63, 3.8) is 0 Å². The fourth-order valence-corrected chi connectivity index (χ4v) is 3.93. The molecule has 6 nitrogen and oxygen atoms in total. The van der Waals surface area contributed by atoms with Gasteiger partial charge in [0, 0.05) is 21.0 Å². The molecule has 0 atom stereocenters. The van der Waals surface area contributed by atoms with Crippen LogP contribution in [0.15, 0.2) is 46.3 Å². The molecule has 0 N–H and O–H groups in total. The number of rotatable bonds is 8. The maximum atomic E-state index is 12.3. The summed E-state index contributed by atoms with van der Waals surface area (Å²) in [5.41, 5.74) is 2.34. The molecule has 29 heavy (non-hydrogen) atoms. The minimum absolute atomic E-state index is 0.0973. The third-order valence-electron chi connectivity index (χ3n) is 4.14. The van der Waals surface area contributed by atoms with Crippen LogP contribution in [0.3, 0.4) is 0 Å². The van der Waals surface area contributed by atoms with Crippen LogP contribution in [-0.4, -0.2) is 32.3 Å². The number of esters is 1. The molecule has 0 saturated carbocycles. The minimum Gasteiger partial charge on any atom is -0.496 e. The molecule has 152 valence electrons. The van der Waals surface area contributed by atoms with E-state index in [1.165, 1.54) is 11.3 Å². The Morgan fingerprint density at radius 2 is 1.72 bits per heavy atom. The Labute approximate surface area is 181 Å². The normalized spacial score (nSPS) is 10.5. The average molecular weight is 478 g/mol. The number of hydrogen-bond donors (Lipinski definition) is 0. The van der Waals surface area contributed by atoms with E-state index >= 15 is 0 Å². The summed E-state index contributed by atoms with van der Waals surface area (Å²) in [6, 6.07) is 11.2. The van der Waals surface area contributed by atoms with Crippen molar-refractivity contribution in [2.45, 2.75) is 13.0 Å². The smallest absolute Gasteiger partial charge is 0.312 e. The zero-order valence-electron chi connectivity index (χ0n) is 16.2. The van der Waals surface area contributed by atoms with Crippen LogP contribution in [0.5, 0.6) is 17.2 Å². The third-order valence-corrected chi connectivity index (χ3v) is 5.57. The van der Waals surface area contributed by atoms with Gasteiger partial charge in [-0.25, -0.2) is 4.98 Å². The Balaban J connectivity index is 1.64. The van der Waals surface area contributed by atoms with Gasteiger partial charge in [-0.15, -0.1) is 11.3 Å². The van der Waals surface area contributed by atoms with Crippen LogP contribution in [0.1, 0.15) is 11.3 Å². The molecule has 3 rings (SSSR count). The lowest BCUT2D eigenvalue weighted by Gasteiger charge is -2.09. The second kappa shape index (κ2) is 9.76. The summed E-state index contributed by atoms with van der Waals surface area (Å²) in [7, 11) is 4.76. The molecule has 0 saturated heterocycles. The van der Waals surface area contributed by atoms with Crippen molar-refractivity contribution in [3.05, 3.63) is 57.5 Å². The highest BCUT2D eigenvalue weighted by atomic mass is 79.9. The van der Waals surface area contributed by atoms with Crippen LogP contribution in [0, 0.1) is 0 Å². The number of benzene rings is 2. The first-order chi connectivity index (χ1) is 14.0. The van der Waals surface area contributed by atoms with E-state index in [-0.39, 0.29) is 19.0 Å². The van der Waals surface area contributed by atoms with E-state index < -0.39 is 0 Å². The van der Waals surface area contributed by atoms with Gasteiger partial charge in [0.25, 0.3) is 0 Å². The molecule has 0 fully saturated rings. The summed E-state index contributed by atoms with van der Waals surface area (Å²) >= 11 is 4.87. The standard InChI is InChI=1S/C21H20BrNO5S/c1-25-17-7-5-15(22)8-14(17)11-28-20(24)10-16-12-29-21(23-16)13-4-6-18(26-2)19(9-13)27-3/h4-9,12H,10-11H2,1-3H3. The number of halogens is 1. The van der Waals surface area contributed by atoms with Crippen LogP contribution in [0.25, 0.3) is 10.6 Å². The van der Waals surface area contributed by atoms with Gasteiger partial charge in [-0.1, -0.05) is 15.9 Å². The molecule has 0 aliphatic carbocycles. The van der Waals surface area contributed by atoms with Gasteiger partial charge in [-0.3, -0.25) is 4.79 Å². The van der Waals surface area contributed by atoms with E-state index in [4.69, 9.17) is 18.9 Å². The zero-order chi connectivity index (χ0) is 20.8. The molecular formula is C21H20BrNO5S. The highest BCUT2D eigenvalue weighted by Gasteiger charge is 2.13. The average Bonchev–Trinajstić information content (AvgIpc) is 3.20. The molecule has 0 spiro atoms. The Morgan fingerprint density at radius 1 is 1.00 bits per heavy atom. The maximum absolute atomic E-state index is 12.3. The maximum Gasteiger partial charge on any atom is 0.312 e. The Morgan fingerprint density at radius 3 is 2.45 bits per heavy atom. The molecule has 1 aromatic heterocycles. The lowest BCUT2D eigenvalue weighted by molar-refractivity contribution is -0.144. The van der Waals surface area contributed by atoms with Crippen LogP contribution < -0.4 is 14.2 Å². The van der Waals surface area contributed by atoms with E-state index in [0.29, 0.717) is 22.9 Å². The van der Waals surface area contributed by atoms with Crippen molar-refractivity contribution >= 4 is 33.2 Å². The highest BCUT2D eigenvalue weighted by Crippen LogP contribution is 2.33. The van der Waals surface area contributed by atoms with E-state index in [1.54, 1.807) is 21.3 Å². The van der Waals surface area contributed by atoms with Crippen molar-refractivity contribution in [2.24, 2.45) is 0 Å². The molecule has 0 unspecified atom stereocenters. The Kier molecular flexibility index (Phi) is 7.11. The molecule has 1 heterocycles. The van der Waals surface area contributed by atoms with E-state index in [0.717, 1.165) is 20.6 Å². The van der Waals surface area contributed by atoms with Gasteiger partial charge < -0.3 is 18.9 Å². The molecule has 3 aromatic rings. The number of aromatic nitrogens is 1. The zero-order valence-corrected chi connectivity index (χ0v) is 18.6. The number of hydrogen-bond acceptors (Lipinski definition) is 7. The molecule has 8 heteroatoms. The summed E-state index contributed by atoms with van der Waals surface area (Å²) in [6.45, 7) is 0.133. The predicted octanol–water partition coefficient (Wildman–Crippen LogP) is 4.88. The SMILES string of the molecule is COc1ccc(Br)cc1COC(=O)Cc1csc(-c2ccc(OC)c(OC)c2)n1. The first-order valence-corrected chi connectivity index (χ1v) is 10.4. The molecule has 2 aromatic carbocycles. The Bertz CT molecular complexity index is 1000. The molecule has 0 amide bonds. The molecule has 0 bridgehead atoms. The second-order valence-corrected chi connectivity index (χ2v) is 7.78. The summed E-state index contributed by atoms with van der Waals surface area (Å²) < 4.78 is 22.2. The van der Waals surface area contributed by atoms with Gasteiger partial charge in [0.1, 0.15) is 17.4 Å². The first kappa shape index (κ1) is 21.1. The first-order valence-electron chi connectivity index (χ1n) is 8.69. The number of carbonyl (C=O) groups is 1. The van der Waals surface area contributed by atoms with Gasteiger partial charge in [0.05, 0.1) is 33.4 Å². The number of ether oxygens (including phenoxy) is 4. The van der Waals surface area contributed by atoms with Crippen molar-refractivity contribution < 1.29 is 23.7 Å². The second-order valence-electron chi connectivity index (χ2n) is 6.01. The molecular weight excluding hydrogens is 458 g/mol. The van der Waals surface area contributed by atoms with Crippen molar-refractivity contribution in [1.82, 2.24) is 4.98 Å². The summed E-state index contributed by atoms with van der Waals surface area (Å²) in [5, 5.41) is 2.65. The van der Waals surface area contributed by atoms with Gasteiger partial charge in [0.15, 0.2) is 11.5 Å². The molecule has 0 aliphatic heterocycles. The van der Waals surface area contributed by atoms with Crippen molar-refractivity contribution in [1.29, 1.82) is 0 Å². The third kappa shape index (κ3) is 5.27. The largest absolute Gasteiger partial charge is 0.496 e. The number of carbonyl (C=O) groups excluding carboxylic acids is 1. The van der Waals surface area contributed by atoms with Gasteiger partial charge in [0.2, 0.25) is 0 Å². The van der Waals surface area contributed by atoms with E-state index in [1.807, 2.05) is 41.8 Å². The lowest BCUT2D eigenvalue weighted by Crippen LogP contribution is -2.09. The number of methoxy groups -OCH3 is 3. The fourth-order valence-electron chi connectivity index (χ4n) is 2.71. The van der Waals surface area contributed by atoms with Gasteiger partial charge in [-0.2, -0.15) is 0 Å². The number of nitrogens with zero attached hydrogens (tertiary/aromatic N) is 1. The topological polar surface area (TPSA) is 66.9 Å². The van der Waals surface area contributed by atoms with E-state index in [2.05, 4.69) is 20.9 Å². The summed E-state index contributed by atoms with van der Waals surface area (Å²) in [5.74, 6) is 1.60. The van der Waals surface area contributed by atoms with Crippen LogP contribution in [-0.2, 0) is 22.6 Å². The lowest BCUT2D eigenvalue weighted by atomic mass is 10.2. The fraction of sp³-hybridized carbons (Fsp3) is 0.238. The monoisotopic (exact) mass is 477 g/mol. The quantitative estimate of drug-likeness (QED) is 0.430. The summed E-state index contributed by atoms with van der Waals surface area (Å²) in [6.07, 6.45) is 0.0973. The number of thiazole rings is 1. The summed E-state index contributed by atoms with van der Waals surface area (Å²) in [4.78, 5) is 16.8. The van der Waals surface area contributed by atoms with Crippen LogP contribution >= 0.6 is 27.3 Å². The van der Waals surface area contributed by atoms with Crippen molar-refractivity contribution in [2.75, 3.05) is 21.3 Å². The predicted molar refractivity (Wildman–Crippen MR) is 115 cm³/mol. The van der Waals surface area contributed by atoms with Gasteiger partial charge >= 0.3 is 5.97 Å².